The van der Waals surface area contributed by atoms with E-state index in [2.05, 4.69) is 5.10 Å². The third-order valence-electron chi connectivity index (χ3n) is 3.07. The van der Waals surface area contributed by atoms with Gasteiger partial charge in [0.2, 0.25) is 10.0 Å². The zero-order valence-electron chi connectivity index (χ0n) is 12.4. The van der Waals surface area contributed by atoms with E-state index in [0.717, 1.165) is 12.2 Å². The lowest BCUT2D eigenvalue weighted by Crippen LogP contribution is -2.26. The van der Waals surface area contributed by atoms with E-state index in [1.807, 2.05) is 13.8 Å². The number of sulfonamides is 1. The van der Waals surface area contributed by atoms with Crippen molar-refractivity contribution in [3.05, 3.63) is 29.9 Å². The summed E-state index contributed by atoms with van der Waals surface area (Å²) in [6, 6.07) is 3.55. The Hall–Kier alpha value is -1.80. The molecule has 0 aromatic carbocycles. The molecule has 0 saturated carbocycles. The molecule has 0 saturated heterocycles. The molecule has 2 heterocycles. The average Bonchev–Trinajstić information content (AvgIpc) is 2.96. The first-order valence-electron chi connectivity index (χ1n) is 6.69. The van der Waals surface area contributed by atoms with Crippen molar-refractivity contribution in [3.63, 3.8) is 0 Å². The Morgan fingerprint density at radius 1 is 1.43 bits per heavy atom. The number of anilines is 1. The molecule has 0 amide bonds. The molecule has 0 spiro atoms. The Morgan fingerprint density at radius 3 is 2.71 bits per heavy atom. The SMILES string of the molecule is CCCn1cc(S(=O)(=O)N(C)Cc2ccc(C)o2)c(N)n1. The first-order chi connectivity index (χ1) is 9.84. The highest BCUT2D eigenvalue weighted by Gasteiger charge is 2.26. The van der Waals surface area contributed by atoms with Crippen molar-refractivity contribution in [2.75, 3.05) is 12.8 Å². The average molecular weight is 312 g/mol. The van der Waals surface area contributed by atoms with Crippen LogP contribution in [0.3, 0.4) is 0 Å². The summed E-state index contributed by atoms with van der Waals surface area (Å²) in [4.78, 5) is 0.0294. The fourth-order valence-corrected chi connectivity index (χ4v) is 3.20. The van der Waals surface area contributed by atoms with Crippen LogP contribution < -0.4 is 5.73 Å². The summed E-state index contributed by atoms with van der Waals surface area (Å²) in [5, 5.41) is 4.03. The lowest BCUT2D eigenvalue weighted by Gasteiger charge is -2.14. The summed E-state index contributed by atoms with van der Waals surface area (Å²) in [6.07, 6.45) is 2.32. The molecule has 2 N–H and O–H groups in total. The van der Waals surface area contributed by atoms with Gasteiger partial charge in [0.1, 0.15) is 16.4 Å². The van der Waals surface area contributed by atoms with E-state index in [4.69, 9.17) is 10.2 Å². The van der Waals surface area contributed by atoms with Gasteiger partial charge in [-0.2, -0.15) is 9.40 Å². The van der Waals surface area contributed by atoms with E-state index in [-0.39, 0.29) is 17.3 Å². The number of hydrogen-bond acceptors (Lipinski definition) is 5. The Bertz CT molecular complexity index is 718. The van der Waals surface area contributed by atoms with Crippen molar-refractivity contribution < 1.29 is 12.8 Å². The Morgan fingerprint density at radius 2 is 2.14 bits per heavy atom. The summed E-state index contributed by atoms with van der Waals surface area (Å²) in [7, 11) is -2.20. The van der Waals surface area contributed by atoms with Gasteiger partial charge in [0.15, 0.2) is 5.82 Å². The topological polar surface area (TPSA) is 94.4 Å². The van der Waals surface area contributed by atoms with Crippen molar-refractivity contribution in [3.8, 4) is 0 Å². The van der Waals surface area contributed by atoms with E-state index < -0.39 is 10.0 Å². The van der Waals surface area contributed by atoms with Gasteiger partial charge in [0.05, 0.1) is 6.54 Å². The molecule has 0 fully saturated rings. The molecule has 0 aliphatic rings. The molecule has 0 aliphatic heterocycles. The quantitative estimate of drug-likeness (QED) is 0.874. The van der Waals surface area contributed by atoms with Gasteiger partial charge < -0.3 is 10.2 Å². The van der Waals surface area contributed by atoms with Crippen LogP contribution in [0.4, 0.5) is 5.82 Å². The van der Waals surface area contributed by atoms with Crippen molar-refractivity contribution in [1.82, 2.24) is 14.1 Å². The standard InChI is InChI=1S/C13H20N4O3S/c1-4-7-17-9-12(13(14)15-17)21(18,19)16(3)8-11-6-5-10(2)20-11/h5-6,9H,4,7-8H2,1-3H3,(H2,14,15). The second kappa shape index (κ2) is 5.90. The maximum Gasteiger partial charge on any atom is 0.248 e. The zero-order valence-corrected chi connectivity index (χ0v) is 13.2. The lowest BCUT2D eigenvalue weighted by molar-refractivity contribution is 0.397. The smallest absolute Gasteiger partial charge is 0.248 e. The molecule has 2 aromatic heterocycles. The fourth-order valence-electron chi connectivity index (χ4n) is 2.00. The molecule has 0 aliphatic carbocycles. The second-order valence-electron chi connectivity index (χ2n) is 4.92. The minimum atomic E-state index is -3.69. The normalized spacial score (nSPS) is 12.2. The largest absolute Gasteiger partial charge is 0.465 e. The van der Waals surface area contributed by atoms with Gasteiger partial charge in [0, 0.05) is 19.8 Å². The first kappa shape index (κ1) is 15.6. The summed E-state index contributed by atoms with van der Waals surface area (Å²) in [5.41, 5.74) is 5.73. The van der Waals surface area contributed by atoms with Crippen LogP contribution in [0.15, 0.2) is 27.6 Å². The number of aromatic nitrogens is 2. The highest BCUT2D eigenvalue weighted by atomic mass is 32.2. The molecule has 21 heavy (non-hydrogen) atoms. The van der Waals surface area contributed by atoms with Gasteiger partial charge in [-0.1, -0.05) is 6.92 Å². The molecule has 8 heteroatoms. The van der Waals surface area contributed by atoms with Crippen LogP contribution in [-0.2, 0) is 23.1 Å². The monoisotopic (exact) mass is 312 g/mol. The lowest BCUT2D eigenvalue weighted by atomic mass is 10.4. The zero-order chi connectivity index (χ0) is 15.6. The van der Waals surface area contributed by atoms with Crippen LogP contribution in [0.1, 0.15) is 24.9 Å². The Balaban J connectivity index is 2.24. The van der Waals surface area contributed by atoms with Crippen LogP contribution in [-0.4, -0.2) is 29.6 Å². The van der Waals surface area contributed by atoms with Crippen molar-refractivity contribution >= 4 is 15.8 Å². The number of nitrogens with zero attached hydrogens (tertiary/aromatic N) is 3. The third-order valence-corrected chi connectivity index (χ3v) is 4.89. The van der Waals surface area contributed by atoms with Gasteiger partial charge >= 0.3 is 0 Å². The highest BCUT2D eigenvalue weighted by molar-refractivity contribution is 7.89. The minimum Gasteiger partial charge on any atom is -0.465 e. The summed E-state index contributed by atoms with van der Waals surface area (Å²) >= 11 is 0. The van der Waals surface area contributed by atoms with Crippen LogP contribution in [0.25, 0.3) is 0 Å². The number of nitrogen functional groups attached to an aromatic ring is 1. The van der Waals surface area contributed by atoms with Crippen LogP contribution in [0.5, 0.6) is 0 Å². The van der Waals surface area contributed by atoms with Crippen molar-refractivity contribution in [2.45, 2.75) is 38.3 Å². The molecule has 0 bridgehead atoms. The van der Waals surface area contributed by atoms with Gasteiger partial charge in [0.25, 0.3) is 0 Å². The molecule has 7 nitrogen and oxygen atoms in total. The predicted molar refractivity (Wildman–Crippen MR) is 79.0 cm³/mol. The van der Waals surface area contributed by atoms with Gasteiger partial charge in [-0.05, 0) is 25.5 Å². The van der Waals surface area contributed by atoms with Crippen molar-refractivity contribution in [2.24, 2.45) is 0 Å². The van der Waals surface area contributed by atoms with Crippen LogP contribution >= 0.6 is 0 Å². The summed E-state index contributed by atoms with van der Waals surface area (Å²) in [5.74, 6) is 1.34. The number of furan rings is 1. The fraction of sp³-hybridized carbons (Fsp3) is 0.462. The van der Waals surface area contributed by atoms with E-state index in [1.54, 1.807) is 16.8 Å². The third kappa shape index (κ3) is 3.27. The van der Waals surface area contributed by atoms with E-state index in [1.165, 1.54) is 17.5 Å². The van der Waals surface area contributed by atoms with Crippen LogP contribution in [0.2, 0.25) is 0 Å². The summed E-state index contributed by atoms with van der Waals surface area (Å²) in [6.45, 7) is 4.57. The summed E-state index contributed by atoms with van der Waals surface area (Å²) < 4.78 is 33.2. The number of nitrogens with two attached hydrogens (primary N) is 1. The Kier molecular flexibility index (Phi) is 4.38. The molecular formula is C13H20N4O3S. The maximum atomic E-state index is 12.5. The molecule has 2 aromatic rings. The molecule has 0 radical (unpaired) electrons. The maximum absolute atomic E-state index is 12.5. The van der Waals surface area contributed by atoms with Crippen LogP contribution in [0, 0.1) is 6.92 Å². The van der Waals surface area contributed by atoms with E-state index >= 15 is 0 Å². The van der Waals surface area contributed by atoms with Gasteiger partial charge in [-0.3, -0.25) is 4.68 Å². The number of aryl methyl sites for hydroxylation is 2. The molecule has 0 atom stereocenters. The highest BCUT2D eigenvalue weighted by Crippen LogP contribution is 2.22. The molecular weight excluding hydrogens is 292 g/mol. The first-order valence-corrected chi connectivity index (χ1v) is 8.13. The van der Waals surface area contributed by atoms with E-state index in [0.29, 0.717) is 12.3 Å². The number of rotatable bonds is 6. The van der Waals surface area contributed by atoms with Crippen molar-refractivity contribution in [1.29, 1.82) is 0 Å². The Labute approximate surface area is 124 Å². The molecule has 2 rings (SSSR count). The van der Waals surface area contributed by atoms with Gasteiger partial charge in [-0.25, -0.2) is 8.42 Å². The second-order valence-corrected chi connectivity index (χ2v) is 6.93. The van der Waals surface area contributed by atoms with E-state index in [9.17, 15) is 8.42 Å². The molecule has 116 valence electrons. The van der Waals surface area contributed by atoms with Gasteiger partial charge in [-0.15, -0.1) is 0 Å². The minimum absolute atomic E-state index is 0.0194. The molecule has 0 unspecified atom stereocenters. The predicted octanol–water partition coefficient (Wildman–Crippen LogP) is 1.60. The number of hydrogen-bond donors (Lipinski definition) is 1.